The van der Waals surface area contributed by atoms with Gasteiger partial charge in [-0.3, -0.25) is 0 Å². The number of ether oxygens (including phenoxy) is 2. The fraction of sp³-hybridized carbons (Fsp3) is 0.538. The minimum atomic E-state index is 0.0243. The van der Waals surface area contributed by atoms with Crippen molar-refractivity contribution in [3.05, 3.63) is 23.8 Å². The van der Waals surface area contributed by atoms with Crippen LogP contribution in [-0.2, 0) is 6.61 Å². The maximum absolute atomic E-state index is 9.06. The molecule has 0 heterocycles. The normalized spacial score (nSPS) is 10.2. The van der Waals surface area contributed by atoms with Crippen molar-refractivity contribution in [3.8, 4) is 11.5 Å². The third kappa shape index (κ3) is 3.74. The molecule has 0 bridgehead atoms. The molecule has 0 aliphatic heterocycles. The average Bonchev–Trinajstić information content (AvgIpc) is 2.34. The second kappa shape index (κ2) is 7.12. The summed E-state index contributed by atoms with van der Waals surface area (Å²) < 4.78 is 11.2. The Bertz CT molecular complexity index is 310. The van der Waals surface area contributed by atoms with Gasteiger partial charge >= 0.3 is 0 Å². The van der Waals surface area contributed by atoms with Crippen molar-refractivity contribution in [2.45, 2.75) is 33.3 Å². The molecule has 0 aliphatic rings. The maximum Gasteiger partial charge on any atom is 0.161 e. The highest BCUT2D eigenvalue weighted by atomic mass is 16.5. The molecule has 0 atom stereocenters. The Labute approximate surface area is 97.0 Å². The fourth-order valence-electron chi connectivity index (χ4n) is 1.31. The summed E-state index contributed by atoms with van der Waals surface area (Å²) in [7, 11) is 0. The first-order valence-corrected chi connectivity index (χ1v) is 5.81. The van der Waals surface area contributed by atoms with Crippen LogP contribution in [0, 0.1) is 0 Å². The third-order valence-corrected chi connectivity index (χ3v) is 2.11. The smallest absolute Gasteiger partial charge is 0.161 e. The van der Waals surface area contributed by atoms with Gasteiger partial charge in [0.25, 0.3) is 0 Å². The number of aliphatic hydroxyl groups is 1. The minimum Gasteiger partial charge on any atom is -0.490 e. The molecule has 1 rings (SSSR count). The molecule has 1 N–H and O–H groups in total. The predicted octanol–water partition coefficient (Wildman–Crippen LogP) is 2.76. The van der Waals surface area contributed by atoms with E-state index in [-0.39, 0.29) is 6.61 Å². The van der Waals surface area contributed by atoms with Crippen LogP contribution < -0.4 is 9.47 Å². The molecule has 0 spiro atoms. The zero-order valence-corrected chi connectivity index (χ0v) is 10.0. The van der Waals surface area contributed by atoms with E-state index in [1.165, 1.54) is 0 Å². The van der Waals surface area contributed by atoms with Gasteiger partial charge in [-0.05, 0) is 30.5 Å². The predicted molar refractivity (Wildman–Crippen MR) is 63.9 cm³/mol. The highest BCUT2D eigenvalue weighted by Crippen LogP contribution is 2.28. The van der Waals surface area contributed by atoms with Crippen LogP contribution in [0.2, 0.25) is 0 Å². The Kier molecular flexibility index (Phi) is 5.72. The molecule has 16 heavy (non-hydrogen) atoms. The van der Waals surface area contributed by atoms with Crippen molar-refractivity contribution in [1.29, 1.82) is 0 Å². The molecular formula is C13H20O3. The van der Waals surface area contributed by atoms with E-state index in [9.17, 15) is 0 Å². The lowest BCUT2D eigenvalue weighted by molar-refractivity contribution is 0.262. The summed E-state index contributed by atoms with van der Waals surface area (Å²) in [5.74, 6) is 1.48. The van der Waals surface area contributed by atoms with E-state index < -0.39 is 0 Å². The average molecular weight is 224 g/mol. The largest absolute Gasteiger partial charge is 0.490 e. The van der Waals surface area contributed by atoms with Gasteiger partial charge in [0.2, 0.25) is 0 Å². The van der Waals surface area contributed by atoms with Gasteiger partial charge in [-0.2, -0.15) is 0 Å². The monoisotopic (exact) mass is 224 g/mol. The Balaban J connectivity index is 2.78. The number of rotatable bonds is 7. The summed E-state index contributed by atoms with van der Waals surface area (Å²) in [6.07, 6.45) is 1.92. The summed E-state index contributed by atoms with van der Waals surface area (Å²) >= 11 is 0. The van der Waals surface area contributed by atoms with Gasteiger partial charge in [-0.1, -0.05) is 19.9 Å². The molecule has 0 amide bonds. The molecule has 1 aromatic carbocycles. The van der Waals surface area contributed by atoms with E-state index in [0.29, 0.717) is 13.2 Å². The quantitative estimate of drug-likeness (QED) is 0.774. The van der Waals surface area contributed by atoms with Crippen molar-refractivity contribution < 1.29 is 14.6 Å². The summed E-state index contributed by atoms with van der Waals surface area (Å²) in [4.78, 5) is 0. The van der Waals surface area contributed by atoms with E-state index in [4.69, 9.17) is 14.6 Å². The van der Waals surface area contributed by atoms with E-state index in [1.807, 2.05) is 18.2 Å². The fourth-order valence-corrected chi connectivity index (χ4v) is 1.31. The van der Waals surface area contributed by atoms with Crippen LogP contribution in [0.1, 0.15) is 32.3 Å². The van der Waals surface area contributed by atoms with Gasteiger partial charge in [0.1, 0.15) is 0 Å². The Hall–Kier alpha value is -1.22. The van der Waals surface area contributed by atoms with Crippen molar-refractivity contribution in [2.75, 3.05) is 13.2 Å². The van der Waals surface area contributed by atoms with Crippen LogP contribution in [0.5, 0.6) is 11.5 Å². The molecule has 0 fully saturated rings. The van der Waals surface area contributed by atoms with Crippen LogP contribution >= 0.6 is 0 Å². The maximum atomic E-state index is 9.06. The van der Waals surface area contributed by atoms with Crippen LogP contribution in [0.25, 0.3) is 0 Å². The minimum absolute atomic E-state index is 0.0243. The number of hydrogen-bond acceptors (Lipinski definition) is 3. The van der Waals surface area contributed by atoms with Crippen LogP contribution in [0.3, 0.4) is 0 Å². The lowest BCUT2D eigenvalue weighted by Crippen LogP contribution is -2.01. The van der Waals surface area contributed by atoms with E-state index in [1.54, 1.807) is 0 Å². The van der Waals surface area contributed by atoms with E-state index in [0.717, 1.165) is 29.9 Å². The second-order valence-electron chi connectivity index (χ2n) is 3.64. The zero-order chi connectivity index (χ0) is 11.8. The van der Waals surface area contributed by atoms with Crippen LogP contribution in [-0.4, -0.2) is 18.3 Å². The van der Waals surface area contributed by atoms with Crippen molar-refractivity contribution in [2.24, 2.45) is 0 Å². The van der Waals surface area contributed by atoms with E-state index >= 15 is 0 Å². The lowest BCUT2D eigenvalue weighted by atomic mass is 10.2. The highest BCUT2D eigenvalue weighted by Gasteiger charge is 2.05. The van der Waals surface area contributed by atoms with Crippen molar-refractivity contribution >= 4 is 0 Å². The molecule has 0 unspecified atom stereocenters. The summed E-state index contributed by atoms with van der Waals surface area (Å²) in [6, 6.07) is 5.54. The summed E-state index contributed by atoms with van der Waals surface area (Å²) in [5.41, 5.74) is 0.843. The summed E-state index contributed by atoms with van der Waals surface area (Å²) in [5, 5.41) is 9.06. The van der Waals surface area contributed by atoms with Crippen molar-refractivity contribution in [3.63, 3.8) is 0 Å². The van der Waals surface area contributed by atoms with Gasteiger partial charge < -0.3 is 14.6 Å². The lowest BCUT2D eigenvalue weighted by Gasteiger charge is -2.12. The molecule has 0 aromatic heterocycles. The Morgan fingerprint density at radius 1 is 1.00 bits per heavy atom. The topological polar surface area (TPSA) is 38.7 Å². The highest BCUT2D eigenvalue weighted by molar-refractivity contribution is 5.42. The van der Waals surface area contributed by atoms with Gasteiger partial charge in [-0.25, -0.2) is 0 Å². The van der Waals surface area contributed by atoms with Gasteiger partial charge in [0.15, 0.2) is 11.5 Å². The standard InChI is InChI=1S/C13H20O3/c1-3-7-15-12-6-5-11(10-14)9-13(12)16-8-4-2/h5-6,9,14H,3-4,7-8,10H2,1-2H3. The molecule has 0 saturated carbocycles. The second-order valence-corrected chi connectivity index (χ2v) is 3.64. The van der Waals surface area contributed by atoms with Gasteiger partial charge in [0.05, 0.1) is 19.8 Å². The van der Waals surface area contributed by atoms with Gasteiger partial charge in [0, 0.05) is 0 Å². The first kappa shape index (κ1) is 12.8. The first-order chi connectivity index (χ1) is 7.81. The van der Waals surface area contributed by atoms with Crippen molar-refractivity contribution in [1.82, 2.24) is 0 Å². The van der Waals surface area contributed by atoms with E-state index in [2.05, 4.69) is 13.8 Å². The molecule has 3 nitrogen and oxygen atoms in total. The third-order valence-electron chi connectivity index (χ3n) is 2.11. The zero-order valence-electron chi connectivity index (χ0n) is 10.0. The number of aliphatic hydroxyl groups excluding tert-OH is 1. The molecule has 0 radical (unpaired) electrons. The molecular weight excluding hydrogens is 204 g/mol. The van der Waals surface area contributed by atoms with Crippen LogP contribution in [0.4, 0.5) is 0 Å². The number of hydrogen-bond donors (Lipinski definition) is 1. The number of benzene rings is 1. The Morgan fingerprint density at radius 3 is 2.19 bits per heavy atom. The van der Waals surface area contributed by atoms with Gasteiger partial charge in [-0.15, -0.1) is 0 Å². The Morgan fingerprint density at radius 2 is 1.62 bits per heavy atom. The van der Waals surface area contributed by atoms with Crippen LogP contribution in [0.15, 0.2) is 18.2 Å². The molecule has 3 heteroatoms. The molecule has 0 saturated heterocycles. The molecule has 90 valence electrons. The first-order valence-electron chi connectivity index (χ1n) is 5.81. The molecule has 1 aromatic rings. The summed E-state index contributed by atoms with van der Waals surface area (Å²) in [6.45, 7) is 5.49. The molecule has 0 aliphatic carbocycles. The SMILES string of the molecule is CCCOc1ccc(CO)cc1OCCC.